The van der Waals surface area contributed by atoms with E-state index in [0.717, 1.165) is 32.1 Å². The molecule has 3 atom stereocenters. The second-order valence-electron chi connectivity index (χ2n) is 17.7. The fraction of sp³-hybridized carbons (Fsp3) is 0.980. The number of carbonyl (C=O) groups is 1. The molecule has 5 nitrogen and oxygen atoms in total. The van der Waals surface area contributed by atoms with Gasteiger partial charge in [0.05, 0.1) is 18.8 Å². The topological polar surface area (TPSA) is 89.8 Å². The Morgan fingerprint density at radius 3 is 0.873 bits per heavy atom. The van der Waals surface area contributed by atoms with E-state index in [4.69, 9.17) is 0 Å². The molecule has 0 aliphatic rings. The maximum Gasteiger partial charge on any atom is 0.220 e. The van der Waals surface area contributed by atoms with Crippen LogP contribution in [0, 0.1) is 0 Å². The van der Waals surface area contributed by atoms with Crippen molar-refractivity contribution in [3.05, 3.63) is 0 Å². The lowest BCUT2D eigenvalue weighted by Crippen LogP contribution is -2.50. The lowest BCUT2D eigenvalue weighted by molar-refractivity contribution is -0.124. The van der Waals surface area contributed by atoms with Gasteiger partial charge in [0, 0.05) is 6.42 Å². The fourth-order valence-electron chi connectivity index (χ4n) is 8.28. The highest BCUT2D eigenvalue weighted by molar-refractivity contribution is 5.76. The summed E-state index contributed by atoms with van der Waals surface area (Å²) in [4.78, 5) is 12.5. The number of amides is 1. The van der Waals surface area contributed by atoms with Gasteiger partial charge < -0.3 is 20.6 Å². The average Bonchev–Trinajstić information content (AvgIpc) is 3.19. The van der Waals surface area contributed by atoms with Gasteiger partial charge in [-0.05, 0) is 12.8 Å². The van der Waals surface area contributed by atoms with Gasteiger partial charge in [0.1, 0.15) is 6.10 Å². The fourth-order valence-corrected chi connectivity index (χ4v) is 8.28. The van der Waals surface area contributed by atoms with Crippen LogP contribution in [0.25, 0.3) is 0 Å². The Morgan fingerprint density at radius 2 is 0.618 bits per heavy atom. The summed E-state index contributed by atoms with van der Waals surface area (Å²) >= 11 is 0. The van der Waals surface area contributed by atoms with E-state index in [1.165, 1.54) is 231 Å². The minimum Gasteiger partial charge on any atom is -0.394 e. The smallest absolute Gasteiger partial charge is 0.220 e. The van der Waals surface area contributed by atoms with Crippen LogP contribution in [0.4, 0.5) is 0 Å². The zero-order chi connectivity index (χ0) is 40.1. The molecular formula is C50H101NO4. The summed E-state index contributed by atoms with van der Waals surface area (Å²) in [7, 11) is 0. The van der Waals surface area contributed by atoms with Crippen molar-refractivity contribution in [2.45, 2.75) is 308 Å². The molecule has 0 aliphatic heterocycles. The molecule has 0 saturated carbocycles. The molecule has 0 aliphatic carbocycles. The molecule has 0 rings (SSSR count). The van der Waals surface area contributed by atoms with Gasteiger partial charge in [0.15, 0.2) is 0 Å². The molecule has 0 fully saturated rings. The predicted octanol–water partition coefficient (Wildman–Crippen LogP) is 15.0. The van der Waals surface area contributed by atoms with E-state index in [0.29, 0.717) is 12.8 Å². The van der Waals surface area contributed by atoms with Crippen molar-refractivity contribution < 1.29 is 20.1 Å². The van der Waals surface area contributed by atoms with E-state index in [1.54, 1.807) is 0 Å². The highest BCUT2D eigenvalue weighted by Gasteiger charge is 2.26. The van der Waals surface area contributed by atoms with Gasteiger partial charge in [-0.3, -0.25) is 4.79 Å². The van der Waals surface area contributed by atoms with E-state index >= 15 is 0 Å². The van der Waals surface area contributed by atoms with Crippen molar-refractivity contribution >= 4 is 5.91 Å². The van der Waals surface area contributed by atoms with Crippen LogP contribution in [0.2, 0.25) is 0 Å². The third-order valence-corrected chi connectivity index (χ3v) is 12.2. The summed E-state index contributed by atoms with van der Waals surface area (Å²) in [5.41, 5.74) is 0. The number of nitrogens with one attached hydrogen (secondary N) is 1. The highest BCUT2D eigenvalue weighted by Crippen LogP contribution is 2.18. The lowest BCUT2D eigenvalue weighted by Gasteiger charge is -2.26. The number of carbonyl (C=O) groups excluding carboxylic acids is 1. The van der Waals surface area contributed by atoms with E-state index in [-0.39, 0.29) is 12.5 Å². The molecule has 0 heterocycles. The van der Waals surface area contributed by atoms with Gasteiger partial charge >= 0.3 is 0 Å². The quantitative estimate of drug-likeness (QED) is 0.0463. The van der Waals surface area contributed by atoms with E-state index in [2.05, 4.69) is 19.2 Å². The molecular weight excluding hydrogens is 679 g/mol. The standard InChI is InChI=1S/C50H101NO4/c1-3-5-7-9-11-13-15-17-19-21-23-24-25-27-29-31-33-35-37-39-41-43-45-49(54)51-47(46-52)50(55)48(53)44-42-40-38-36-34-32-30-28-26-22-20-18-16-14-12-10-8-6-4-2/h47-48,50,52-53,55H,3-46H2,1-2H3,(H,51,54). The van der Waals surface area contributed by atoms with Crippen LogP contribution in [-0.4, -0.2) is 46.1 Å². The van der Waals surface area contributed by atoms with Crippen molar-refractivity contribution in [1.29, 1.82) is 0 Å². The first-order valence-electron chi connectivity index (χ1n) is 25.3. The van der Waals surface area contributed by atoms with Gasteiger partial charge in [-0.1, -0.05) is 271 Å². The molecule has 1 amide bonds. The number of unbranched alkanes of at least 4 members (excludes halogenated alkanes) is 39. The molecule has 0 bridgehead atoms. The Kier molecular flexibility index (Phi) is 45.5. The van der Waals surface area contributed by atoms with Crippen molar-refractivity contribution in [1.82, 2.24) is 5.32 Å². The second-order valence-corrected chi connectivity index (χ2v) is 17.7. The van der Waals surface area contributed by atoms with Crippen LogP contribution in [-0.2, 0) is 4.79 Å². The van der Waals surface area contributed by atoms with Crippen LogP contribution in [0.1, 0.15) is 290 Å². The normalized spacial score (nSPS) is 13.3. The summed E-state index contributed by atoms with van der Waals surface area (Å²) in [6.07, 6.45) is 53.7. The van der Waals surface area contributed by atoms with E-state index in [9.17, 15) is 20.1 Å². The summed E-state index contributed by atoms with van der Waals surface area (Å²) in [6, 6.07) is -0.803. The van der Waals surface area contributed by atoms with Crippen molar-refractivity contribution in [3.8, 4) is 0 Å². The van der Waals surface area contributed by atoms with Gasteiger partial charge in [0.2, 0.25) is 5.91 Å². The van der Waals surface area contributed by atoms with Gasteiger partial charge in [-0.2, -0.15) is 0 Å². The Labute approximate surface area is 345 Å². The Balaban J connectivity index is 3.53. The number of rotatable bonds is 47. The zero-order valence-corrected chi connectivity index (χ0v) is 37.6. The van der Waals surface area contributed by atoms with Crippen molar-refractivity contribution in [3.63, 3.8) is 0 Å². The molecule has 55 heavy (non-hydrogen) atoms. The number of aliphatic hydroxyl groups excluding tert-OH is 3. The summed E-state index contributed by atoms with van der Waals surface area (Å²) < 4.78 is 0. The number of hydrogen-bond acceptors (Lipinski definition) is 4. The predicted molar refractivity (Wildman–Crippen MR) is 241 cm³/mol. The van der Waals surface area contributed by atoms with Crippen molar-refractivity contribution in [2.24, 2.45) is 0 Å². The molecule has 0 aromatic heterocycles. The van der Waals surface area contributed by atoms with Crippen LogP contribution in [0.5, 0.6) is 0 Å². The van der Waals surface area contributed by atoms with Crippen LogP contribution < -0.4 is 5.32 Å². The minimum atomic E-state index is -1.13. The number of aliphatic hydroxyl groups is 3. The molecule has 0 aromatic rings. The largest absolute Gasteiger partial charge is 0.394 e. The highest BCUT2D eigenvalue weighted by atomic mass is 16.3. The summed E-state index contributed by atoms with van der Waals surface area (Å²) in [5.74, 6) is -0.137. The summed E-state index contributed by atoms with van der Waals surface area (Å²) in [6.45, 7) is 4.22. The minimum absolute atomic E-state index is 0.137. The maximum atomic E-state index is 12.5. The zero-order valence-electron chi connectivity index (χ0n) is 37.6. The maximum absolute atomic E-state index is 12.5. The molecule has 0 radical (unpaired) electrons. The summed E-state index contributed by atoms with van der Waals surface area (Å²) in [5, 5.41) is 33.7. The second kappa shape index (κ2) is 46.0. The van der Waals surface area contributed by atoms with Gasteiger partial charge in [-0.15, -0.1) is 0 Å². The molecule has 0 spiro atoms. The molecule has 0 aromatic carbocycles. The van der Waals surface area contributed by atoms with Crippen LogP contribution in [0.15, 0.2) is 0 Å². The first kappa shape index (κ1) is 54.3. The van der Waals surface area contributed by atoms with Crippen LogP contribution in [0.3, 0.4) is 0 Å². The molecule has 330 valence electrons. The third kappa shape index (κ3) is 41.3. The molecule has 0 saturated heterocycles. The Bertz CT molecular complexity index is 733. The van der Waals surface area contributed by atoms with Gasteiger partial charge in [0.25, 0.3) is 0 Å². The van der Waals surface area contributed by atoms with E-state index < -0.39 is 18.2 Å². The van der Waals surface area contributed by atoms with E-state index in [1.807, 2.05) is 0 Å². The lowest BCUT2D eigenvalue weighted by atomic mass is 9.99. The molecule has 5 heteroatoms. The Morgan fingerprint density at radius 1 is 0.382 bits per heavy atom. The molecule has 3 unspecified atom stereocenters. The van der Waals surface area contributed by atoms with Gasteiger partial charge in [-0.25, -0.2) is 0 Å². The first-order chi connectivity index (χ1) is 27.1. The molecule has 4 N–H and O–H groups in total. The monoisotopic (exact) mass is 780 g/mol. The number of hydrogen-bond donors (Lipinski definition) is 4. The Hall–Kier alpha value is -0.650. The third-order valence-electron chi connectivity index (χ3n) is 12.2. The van der Waals surface area contributed by atoms with Crippen LogP contribution >= 0.6 is 0 Å². The first-order valence-corrected chi connectivity index (χ1v) is 25.3. The average molecular weight is 780 g/mol. The van der Waals surface area contributed by atoms with Crippen molar-refractivity contribution in [2.75, 3.05) is 6.61 Å². The SMILES string of the molecule is CCCCCCCCCCCCCCCCCCCCCCCCC(=O)NC(CO)C(O)C(O)CCCCCCCCCCCCCCCCCCCCC.